The summed E-state index contributed by atoms with van der Waals surface area (Å²) in [5.74, 6) is 1.16. The smallest absolute Gasteiger partial charge is 0.404 e. The van der Waals surface area contributed by atoms with Crippen LogP contribution in [0.1, 0.15) is 6.92 Å². The van der Waals surface area contributed by atoms with E-state index in [1.165, 1.54) is 7.11 Å². The number of primary amides is 1. The minimum absolute atomic E-state index is 0.0717. The van der Waals surface area contributed by atoms with Gasteiger partial charge in [-0.15, -0.1) is 6.42 Å². The number of hydrogen-bond donors (Lipinski definition) is 3. The molecule has 4 N–H and O–H groups in total. The second-order valence-electron chi connectivity index (χ2n) is 6.98. The first-order valence-electron chi connectivity index (χ1n) is 8.61. The van der Waals surface area contributed by atoms with Crippen LogP contribution in [0.25, 0.3) is 0 Å². The van der Waals surface area contributed by atoms with Crippen LogP contribution >= 0.6 is 0 Å². The number of carbonyl (C=O) groups excluding carboxylic acids is 3. The van der Waals surface area contributed by atoms with Crippen molar-refractivity contribution in [3.05, 3.63) is 22.5 Å². The number of fused-ring (bicyclic) bond motifs is 4. The Bertz CT molecular complexity index is 869. The van der Waals surface area contributed by atoms with Gasteiger partial charge in [-0.3, -0.25) is 9.59 Å². The monoisotopic (exact) mass is 372 g/mol. The van der Waals surface area contributed by atoms with E-state index in [9.17, 15) is 14.4 Å². The molecule has 0 bridgehead atoms. The molecular formula is C18H20N4O5. The van der Waals surface area contributed by atoms with Gasteiger partial charge >= 0.3 is 6.09 Å². The highest BCUT2D eigenvalue weighted by molar-refractivity contribution is 6.25. The summed E-state index contributed by atoms with van der Waals surface area (Å²) in [5, 5.41) is 6.15. The molecule has 2 saturated heterocycles. The maximum atomic E-state index is 13.3. The molecule has 3 aliphatic heterocycles. The third-order valence-electron chi connectivity index (χ3n) is 5.80. The fourth-order valence-electron chi connectivity index (χ4n) is 4.64. The first-order chi connectivity index (χ1) is 12.9. The molecule has 142 valence electrons. The number of methoxy groups -OCH3 is 1. The number of terminal acetylenes is 1. The number of piperazine rings is 1. The van der Waals surface area contributed by atoms with Crippen molar-refractivity contribution in [2.75, 3.05) is 26.8 Å². The number of allylic oxidation sites excluding steroid dienone is 2. The van der Waals surface area contributed by atoms with E-state index in [1.807, 2.05) is 4.90 Å². The Labute approximate surface area is 155 Å². The Morgan fingerprint density at radius 1 is 1.48 bits per heavy atom. The quantitative estimate of drug-likeness (QED) is 0.305. The molecule has 0 aromatic carbocycles. The molecule has 0 aromatic rings. The third kappa shape index (κ3) is 2.17. The van der Waals surface area contributed by atoms with Gasteiger partial charge in [-0.25, -0.2) is 4.79 Å². The summed E-state index contributed by atoms with van der Waals surface area (Å²) in [6.45, 7) is 2.08. The Balaban J connectivity index is 1.80. The Kier molecular flexibility index (Phi) is 3.80. The summed E-state index contributed by atoms with van der Waals surface area (Å²) in [6, 6.07) is 0.0841. The van der Waals surface area contributed by atoms with Gasteiger partial charge in [0.1, 0.15) is 6.61 Å². The lowest BCUT2D eigenvalue weighted by atomic mass is 9.82. The minimum Gasteiger partial charge on any atom is -0.449 e. The molecule has 9 nitrogen and oxygen atoms in total. The molecule has 4 aliphatic rings. The fourth-order valence-corrected chi connectivity index (χ4v) is 4.64. The first-order valence-corrected chi connectivity index (χ1v) is 8.61. The molecule has 1 aliphatic carbocycles. The van der Waals surface area contributed by atoms with Gasteiger partial charge in [0.15, 0.2) is 5.72 Å². The van der Waals surface area contributed by atoms with Crippen LogP contribution in [0.5, 0.6) is 0 Å². The summed E-state index contributed by atoms with van der Waals surface area (Å²) >= 11 is 0. The molecule has 27 heavy (non-hydrogen) atoms. The predicted molar refractivity (Wildman–Crippen MR) is 92.8 cm³/mol. The van der Waals surface area contributed by atoms with E-state index >= 15 is 0 Å². The van der Waals surface area contributed by atoms with Crippen molar-refractivity contribution < 1.29 is 23.9 Å². The molecule has 0 saturated carbocycles. The predicted octanol–water partition coefficient (Wildman–Crippen LogP) is -1.39. The zero-order valence-corrected chi connectivity index (χ0v) is 15.0. The van der Waals surface area contributed by atoms with Crippen molar-refractivity contribution in [2.45, 2.75) is 24.7 Å². The zero-order chi connectivity index (χ0) is 19.5. The van der Waals surface area contributed by atoms with Gasteiger partial charge in [0.2, 0.25) is 11.6 Å². The van der Waals surface area contributed by atoms with Crippen LogP contribution in [0.4, 0.5) is 4.79 Å². The molecule has 0 radical (unpaired) electrons. The minimum atomic E-state index is -0.974. The molecule has 3 heterocycles. The number of Topliss-reactive ketones (excluding diaryl/α,β-unsaturated/α-hetero) is 2. The maximum Gasteiger partial charge on any atom is 0.404 e. The Morgan fingerprint density at radius 3 is 2.85 bits per heavy atom. The summed E-state index contributed by atoms with van der Waals surface area (Å²) in [6.07, 6.45) is 4.32. The molecule has 2 fully saturated rings. The molecule has 4 atom stereocenters. The lowest BCUT2D eigenvalue weighted by Gasteiger charge is -2.39. The fraction of sp³-hybridized carbons (Fsp3) is 0.500. The average Bonchev–Trinajstić information content (AvgIpc) is 3.24. The first kappa shape index (κ1) is 17.6. The van der Waals surface area contributed by atoms with Gasteiger partial charge in [0, 0.05) is 30.8 Å². The molecule has 0 spiro atoms. The number of carbonyl (C=O) groups is 3. The normalized spacial score (nSPS) is 33.5. The van der Waals surface area contributed by atoms with Crippen molar-refractivity contribution >= 4 is 17.7 Å². The van der Waals surface area contributed by atoms with Crippen molar-refractivity contribution in [3.8, 4) is 12.3 Å². The highest BCUT2D eigenvalue weighted by atomic mass is 16.6. The van der Waals surface area contributed by atoms with E-state index in [0.29, 0.717) is 17.8 Å². The van der Waals surface area contributed by atoms with E-state index < -0.39 is 17.7 Å². The van der Waals surface area contributed by atoms with Crippen molar-refractivity contribution in [2.24, 2.45) is 11.7 Å². The topological polar surface area (TPSA) is 133 Å². The number of rotatable bonds is 5. The largest absolute Gasteiger partial charge is 0.449 e. The van der Waals surface area contributed by atoms with Crippen LogP contribution in [-0.2, 0) is 19.1 Å². The molecule has 1 amide bonds. The van der Waals surface area contributed by atoms with E-state index in [-0.39, 0.29) is 48.1 Å². The summed E-state index contributed by atoms with van der Waals surface area (Å²) < 4.78 is 10.9. The van der Waals surface area contributed by atoms with Gasteiger partial charge in [0.25, 0.3) is 0 Å². The van der Waals surface area contributed by atoms with Crippen molar-refractivity contribution in [3.63, 3.8) is 0 Å². The zero-order valence-electron chi connectivity index (χ0n) is 15.0. The van der Waals surface area contributed by atoms with Crippen molar-refractivity contribution in [1.82, 2.24) is 15.5 Å². The molecular weight excluding hydrogens is 352 g/mol. The number of hydrogen-bond acceptors (Lipinski definition) is 8. The van der Waals surface area contributed by atoms with E-state index in [2.05, 4.69) is 16.6 Å². The van der Waals surface area contributed by atoms with Crippen LogP contribution in [-0.4, -0.2) is 67.2 Å². The summed E-state index contributed by atoms with van der Waals surface area (Å²) in [7, 11) is 1.53. The third-order valence-corrected chi connectivity index (χ3v) is 5.80. The summed E-state index contributed by atoms with van der Waals surface area (Å²) in [4.78, 5) is 39.4. The van der Waals surface area contributed by atoms with E-state index in [0.717, 1.165) is 0 Å². The molecule has 4 rings (SSSR count). The summed E-state index contributed by atoms with van der Waals surface area (Å²) in [5.41, 5.74) is 5.24. The number of nitrogens with zero attached hydrogens (tertiary/aromatic N) is 1. The number of amides is 1. The second kappa shape index (κ2) is 5.84. The number of nitrogens with two attached hydrogens (primary N) is 1. The van der Waals surface area contributed by atoms with Crippen LogP contribution in [0, 0.1) is 18.3 Å². The molecule has 9 heteroatoms. The number of nitrogens with one attached hydrogen (secondary N) is 2. The SMILES string of the molecule is C#CCNC1=C(C)C(=O)C2=C(C1=O)[C@H](COC(N)=O)C1(OC)[C@@H]3N[C@@H]3CN21. The van der Waals surface area contributed by atoms with Crippen LogP contribution in [0.15, 0.2) is 22.5 Å². The van der Waals surface area contributed by atoms with Crippen molar-refractivity contribution in [1.29, 1.82) is 0 Å². The molecule has 0 aromatic heterocycles. The lowest BCUT2D eigenvalue weighted by molar-refractivity contribution is -0.137. The number of ketones is 2. The standard InChI is InChI=1S/C18H20N4O5/c1-4-5-20-12-8(2)14(23)13-11(15(12)24)9(7-27-17(19)25)18(26-3)16-10(21-16)6-22(13)18/h1,9-10,16,20-21H,5-7H2,2-3H3,(H2,19,25)/t9-,10+,16+,18?/m0/s1. The van der Waals surface area contributed by atoms with Crippen LogP contribution in [0.3, 0.4) is 0 Å². The van der Waals surface area contributed by atoms with Gasteiger partial charge < -0.3 is 30.7 Å². The molecule has 1 unspecified atom stereocenters. The van der Waals surface area contributed by atoms with Gasteiger partial charge in [-0.2, -0.15) is 0 Å². The second-order valence-corrected chi connectivity index (χ2v) is 6.98. The average molecular weight is 372 g/mol. The van der Waals surface area contributed by atoms with Gasteiger partial charge in [0.05, 0.1) is 29.9 Å². The van der Waals surface area contributed by atoms with Gasteiger partial charge in [-0.05, 0) is 6.92 Å². The van der Waals surface area contributed by atoms with E-state index in [1.54, 1.807) is 6.92 Å². The maximum absolute atomic E-state index is 13.3. The Hall–Kier alpha value is -2.83. The van der Waals surface area contributed by atoms with Gasteiger partial charge in [-0.1, -0.05) is 5.92 Å². The highest BCUT2D eigenvalue weighted by Crippen LogP contribution is 2.55. The van der Waals surface area contributed by atoms with Crippen LogP contribution in [0.2, 0.25) is 0 Å². The lowest BCUT2D eigenvalue weighted by Crippen LogP contribution is -2.55. The van der Waals surface area contributed by atoms with Crippen LogP contribution < -0.4 is 16.4 Å². The Morgan fingerprint density at radius 2 is 2.22 bits per heavy atom. The number of ether oxygens (including phenoxy) is 2. The van der Waals surface area contributed by atoms with E-state index in [4.69, 9.17) is 21.6 Å². The highest BCUT2D eigenvalue weighted by Gasteiger charge is 2.72.